The van der Waals surface area contributed by atoms with Gasteiger partial charge in [0.25, 0.3) is 5.91 Å². The van der Waals surface area contributed by atoms with Gasteiger partial charge >= 0.3 is 0 Å². The number of anilines is 2. The standard InChI is InChI=1S/C22H23F2N5O2/c1-28(2)11-10-20(30)25-15-5-7-16(8-6-15)26-22(31)18-13-29(3)27-21(18)17-9-4-14(23)12-19(17)24/h4-9,12-13H,10-11H2,1-3H3,(H,25,30)(H,26,31). The van der Waals surface area contributed by atoms with Crippen LogP contribution in [0.1, 0.15) is 16.8 Å². The molecule has 3 rings (SSSR count). The molecule has 2 aromatic carbocycles. The van der Waals surface area contributed by atoms with Crippen LogP contribution in [0, 0.1) is 11.6 Å². The highest BCUT2D eigenvalue weighted by atomic mass is 19.1. The van der Waals surface area contributed by atoms with Crippen LogP contribution >= 0.6 is 0 Å². The molecule has 0 unspecified atom stereocenters. The summed E-state index contributed by atoms with van der Waals surface area (Å²) in [6, 6.07) is 9.75. The first kappa shape index (κ1) is 22.1. The second kappa shape index (κ2) is 9.48. The monoisotopic (exact) mass is 427 g/mol. The number of carbonyl (C=O) groups is 2. The number of benzene rings is 2. The van der Waals surface area contributed by atoms with E-state index in [2.05, 4.69) is 15.7 Å². The SMILES string of the molecule is CN(C)CCC(=O)Nc1ccc(NC(=O)c2cn(C)nc2-c2ccc(F)cc2F)cc1. The van der Waals surface area contributed by atoms with E-state index in [0.29, 0.717) is 24.3 Å². The van der Waals surface area contributed by atoms with E-state index in [9.17, 15) is 18.4 Å². The van der Waals surface area contributed by atoms with Crippen LogP contribution < -0.4 is 10.6 Å². The van der Waals surface area contributed by atoms with Crippen LogP contribution in [0.4, 0.5) is 20.2 Å². The van der Waals surface area contributed by atoms with E-state index >= 15 is 0 Å². The lowest BCUT2D eigenvalue weighted by Gasteiger charge is -2.10. The van der Waals surface area contributed by atoms with Crippen molar-refractivity contribution in [3.8, 4) is 11.3 Å². The second-order valence-corrected chi connectivity index (χ2v) is 7.32. The first-order chi connectivity index (χ1) is 14.7. The Morgan fingerprint density at radius 1 is 1.03 bits per heavy atom. The fourth-order valence-corrected chi connectivity index (χ4v) is 2.92. The fraction of sp³-hybridized carbons (Fsp3) is 0.227. The van der Waals surface area contributed by atoms with Gasteiger partial charge in [0.2, 0.25) is 5.91 Å². The highest BCUT2D eigenvalue weighted by Crippen LogP contribution is 2.26. The predicted molar refractivity (Wildman–Crippen MR) is 115 cm³/mol. The maximum Gasteiger partial charge on any atom is 0.259 e. The Morgan fingerprint density at radius 3 is 2.29 bits per heavy atom. The van der Waals surface area contributed by atoms with Crippen LogP contribution in [0.25, 0.3) is 11.3 Å². The Labute approximate surface area is 178 Å². The summed E-state index contributed by atoms with van der Waals surface area (Å²) in [5.41, 5.74) is 1.39. The van der Waals surface area contributed by atoms with E-state index in [1.807, 2.05) is 19.0 Å². The van der Waals surface area contributed by atoms with Gasteiger partial charge in [-0.05, 0) is 50.5 Å². The van der Waals surface area contributed by atoms with Crippen molar-refractivity contribution in [2.75, 3.05) is 31.3 Å². The van der Waals surface area contributed by atoms with E-state index in [4.69, 9.17) is 0 Å². The Balaban J connectivity index is 1.72. The molecule has 0 saturated heterocycles. The van der Waals surface area contributed by atoms with Crippen LogP contribution in [0.5, 0.6) is 0 Å². The van der Waals surface area contributed by atoms with Crippen LogP contribution in [0.15, 0.2) is 48.7 Å². The molecular formula is C22H23F2N5O2. The number of carbonyl (C=O) groups excluding carboxylic acids is 2. The molecule has 9 heteroatoms. The third kappa shape index (κ3) is 5.73. The molecular weight excluding hydrogens is 404 g/mol. The number of halogens is 2. The van der Waals surface area contributed by atoms with Crippen molar-refractivity contribution < 1.29 is 18.4 Å². The molecule has 3 aromatic rings. The largest absolute Gasteiger partial charge is 0.326 e. The topological polar surface area (TPSA) is 79.3 Å². The van der Waals surface area contributed by atoms with Gasteiger partial charge in [-0.15, -0.1) is 0 Å². The molecule has 0 aliphatic rings. The summed E-state index contributed by atoms with van der Waals surface area (Å²) >= 11 is 0. The van der Waals surface area contributed by atoms with Gasteiger partial charge < -0.3 is 15.5 Å². The predicted octanol–water partition coefficient (Wildman–Crippen LogP) is 3.51. The van der Waals surface area contributed by atoms with Crippen LogP contribution in [-0.4, -0.2) is 47.1 Å². The average molecular weight is 427 g/mol. The van der Waals surface area contributed by atoms with Gasteiger partial charge in [0.1, 0.15) is 17.3 Å². The van der Waals surface area contributed by atoms with Gasteiger partial charge in [0, 0.05) is 49.2 Å². The third-order valence-electron chi connectivity index (χ3n) is 4.47. The number of amides is 2. The summed E-state index contributed by atoms with van der Waals surface area (Å²) in [6.07, 6.45) is 1.84. The zero-order chi connectivity index (χ0) is 22.5. The van der Waals surface area contributed by atoms with Gasteiger partial charge in [0.15, 0.2) is 0 Å². The molecule has 0 saturated carbocycles. The van der Waals surface area contributed by atoms with Crippen molar-refractivity contribution in [3.63, 3.8) is 0 Å². The van der Waals surface area contributed by atoms with Crippen molar-refractivity contribution in [3.05, 3.63) is 65.9 Å². The van der Waals surface area contributed by atoms with Gasteiger partial charge in [0.05, 0.1) is 5.56 Å². The quantitative estimate of drug-likeness (QED) is 0.605. The summed E-state index contributed by atoms with van der Waals surface area (Å²) in [5, 5.41) is 9.67. The van der Waals surface area contributed by atoms with E-state index in [-0.39, 0.29) is 22.7 Å². The maximum atomic E-state index is 14.2. The lowest BCUT2D eigenvalue weighted by atomic mass is 10.1. The van der Waals surface area contributed by atoms with E-state index in [1.165, 1.54) is 16.9 Å². The Hall–Kier alpha value is -3.59. The highest BCUT2D eigenvalue weighted by molar-refractivity contribution is 6.08. The van der Waals surface area contributed by atoms with Crippen LogP contribution in [0.3, 0.4) is 0 Å². The lowest BCUT2D eigenvalue weighted by molar-refractivity contribution is -0.116. The molecule has 0 aliphatic carbocycles. The number of nitrogens with zero attached hydrogens (tertiary/aromatic N) is 3. The Kier molecular flexibility index (Phi) is 6.76. The molecule has 31 heavy (non-hydrogen) atoms. The number of aryl methyl sites for hydroxylation is 1. The first-order valence-corrected chi connectivity index (χ1v) is 9.58. The summed E-state index contributed by atoms with van der Waals surface area (Å²) in [7, 11) is 5.39. The molecule has 0 spiro atoms. The maximum absolute atomic E-state index is 14.2. The van der Waals surface area contributed by atoms with E-state index in [1.54, 1.807) is 31.3 Å². The molecule has 0 bridgehead atoms. The number of aromatic nitrogens is 2. The van der Waals surface area contributed by atoms with Crippen molar-refractivity contribution in [2.45, 2.75) is 6.42 Å². The molecule has 7 nitrogen and oxygen atoms in total. The van der Waals surface area contributed by atoms with Gasteiger partial charge in [-0.1, -0.05) is 0 Å². The summed E-state index contributed by atoms with van der Waals surface area (Å²) < 4.78 is 28.8. The average Bonchev–Trinajstić information content (AvgIpc) is 3.09. The molecule has 0 fully saturated rings. The van der Waals surface area contributed by atoms with Crippen molar-refractivity contribution in [1.82, 2.24) is 14.7 Å². The minimum atomic E-state index is -0.804. The summed E-state index contributed by atoms with van der Waals surface area (Å²) in [4.78, 5) is 26.6. The molecule has 1 aromatic heterocycles. The van der Waals surface area contributed by atoms with Gasteiger partial charge in [-0.2, -0.15) is 5.10 Å². The zero-order valence-corrected chi connectivity index (χ0v) is 17.4. The summed E-state index contributed by atoms with van der Waals surface area (Å²) in [6.45, 7) is 0.641. The normalized spacial score (nSPS) is 10.9. The molecule has 162 valence electrons. The van der Waals surface area contributed by atoms with Crippen molar-refractivity contribution in [2.24, 2.45) is 7.05 Å². The van der Waals surface area contributed by atoms with Crippen LogP contribution in [0.2, 0.25) is 0 Å². The molecule has 1 heterocycles. The molecule has 0 atom stereocenters. The van der Waals surface area contributed by atoms with Crippen molar-refractivity contribution in [1.29, 1.82) is 0 Å². The van der Waals surface area contributed by atoms with Gasteiger partial charge in [-0.25, -0.2) is 8.78 Å². The third-order valence-corrected chi connectivity index (χ3v) is 4.47. The smallest absolute Gasteiger partial charge is 0.259 e. The van der Waals surface area contributed by atoms with Crippen molar-refractivity contribution >= 4 is 23.2 Å². The summed E-state index contributed by atoms with van der Waals surface area (Å²) in [5.74, 6) is -2.11. The molecule has 0 aliphatic heterocycles. The Bertz CT molecular complexity index is 1090. The number of hydrogen-bond donors (Lipinski definition) is 2. The second-order valence-electron chi connectivity index (χ2n) is 7.32. The molecule has 2 N–H and O–H groups in total. The number of rotatable bonds is 7. The minimum Gasteiger partial charge on any atom is -0.326 e. The highest BCUT2D eigenvalue weighted by Gasteiger charge is 2.20. The number of nitrogens with one attached hydrogen (secondary N) is 2. The van der Waals surface area contributed by atoms with E-state index < -0.39 is 17.5 Å². The first-order valence-electron chi connectivity index (χ1n) is 9.58. The fourth-order valence-electron chi connectivity index (χ4n) is 2.92. The molecule has 2 amide bonds. The minimum absolute atomic E-state index is 0.0305. The van der Waals surface area contributed by atoms with Gasteiger partial charge in [-0.3, -0.25) is 14.3 Å². The zero-order valence-electron chi connectivity index (χ0n) is 17.4. The molecule has 0 radical (unpaired) electrons. The number of hydrogen-bond acceptors (Lipinski definition) is 4. The lowest BCUT2D eigenvalue weighted by Crippen LogP contribution is -2.20. The van der Waals surface area contributed by atoms with Crippen LogP contribution in [-0.2, 0) is 11.8 Å². The van der Waals surface area contributed by atoms with E-state index in [0.717, 1.165) is 12.1 Å². The Morgan fingerprint density at radius 2 is 1.68 bits per heavy atom.